The second-order valence-electron chi connectivity index (χ2n) is 10.00. The summed E-state index contributed by atoms with van der Waals surface area (Å²) >= 11 is 0. The molecule has 196 valence electrons. The van der Waals surface area contributed by atoms with Gasteiger partial charge in [0.25, 0.3) is 0 Å². The number of aromatic nitrogens is 2. The Balaban J connectivity index is 1.52. The molecule has 35 heavy (non-hydrogen) atoms. The first-order chi connectivity index (χ1) is 17.0. The fourth-order valence-electron chi connectivity index (χ4n) is 4.96. The van der Waals surface area contributed by atoms with Crippen molar-refractivity contribution >= 4 is 11.7 Å². The zero-order valence-electron chi connectivity index (χ0n) is 21.7. The third-order valence-electron chi connectivity index (χ3n) is 7.23. The molecule has 0 aromatic carbocycles. The molecule has 1 atom stereocenters. The Morgan fingerprint density at radius 3 is 2.54 bits per heavy atom. The summed E-state index contributed by atoms with van der Waals surface area (Å²) in [5, 5.41) is 6.62. The zero-order chi connectivity index (χ0) is 24.7. The van der Waals surface area contributed by atoms with Crippen molar-refractivity contribution in [3.63, 3.8) is 0 Å². The van der Waals surface area contributed by atoms with E-state index in [1.54, 1.807) is 17.0 Å². The molecule has 0 saturated carbocycles. The molecule has 1 unspecified atom stereocenters. The molecule has 4 rings (SSSR count). The summed E-state index contributed by atoms with van der Waals surface area (Å²) in [7, 11) is 1.81. The van der Waals surface area contributed by atoms with E-state index in [2.05, 4.69) is 12.3 Å². The summed E-state index contributed by atoms with van der Waals surface area (Å²) in [5.74, 6) is 0. The molecule has 0 N–H and O–H groups in total. The number of hydroxylamine groups is 2. The fourth-order valence-corrected chi connectivity index (χ4v) is 4.96. The molecular formula is C26H42N4O5. The van der Waals surface area contributed by atoms with Crippen LogP contribution in [0.5, 0.6) is 0 Å². The molecule has 9 heteroatoms. The van der Waals surface area contributed by atoms with Gasteiger partial charge < -0.3 is 23.9 Å². The number of hydrogen-bond acceptors (Lipinski definition) is 7. The van der Waals surface area contributed by atoms with Crippen molar-refractivity contribution in [2.45, 2.75) is 71.6 Å². The first-order valence-corrected chi connectivity index (χ1v) is 13.3. The monoisotopic (exact) mass is 490 g/mol. The van der Waals surface area contributed by atoms with Gasteiger partial charge in [0.05, 0.1) is 25.5 Å². The van der Waals surface area contributed by atoms with Crippen LogP contribution in [0.2, 0.25) is 0 Å². The van der Waals surface area contributed by atoms with Gasteiger partial charge in [-0.2, -0.15) is 5.10 Å². The largest absolute Gasteiger partial charge is 0.428 e. The predicted molar refractivity (Wildman–Crippen MR) is 132 cm³/mol. The third kappa shape index (κ3) is 6.64. The minimum Gasteiger partial charge on any atom is -0.381 e. The number of hydrogen-bond donors (Lipinski definition) is 0. The Bertz CT molecular complexity index is 852. The molecule has 1 aliphatic carbocycles. The molecule has 3 heterocycles. The standard InChI is InChI=1S/C26H42N4O5/c1-4-32-19-26(20-33-5-2)12-10-21(11-13-26)24-22(17-28(3)35-25(31)29-14-8-15-29)18-30(27-24)23-9-6-7-16-34-23/h10,18,23H,4-9,11-17,19-20H2,1-3H3. The van der Waals surface area contributed by atoms with Gasteiger partial charge in [0.1, 0.15) is 6.23 Å². The van der Waals surface area contributed by atoms with Crippen LogP contribution in [-0.4, -0.2) is 79.0 Å². The lowest BCUT2D eigenvalue weighted by Crippen LogP contribution is -2.44. The van der Waals surface area contributed by atoms with Crippen molar-refractivity contribution in [1.29, 1.82) is 0 Å². The van der Waals surface area contributed by atoms with Gasteiger partial charge >= 0.3 is 6.09 Å². The first kappa shape index (κ1) is 26.1. The van der Waals surface area contributed by atoms with E-state index in [1.807, 2.05) is 18.5 Å². The van der Waals surface area contributed by atoms with Crippen molar-refractivity contribution in [2.24, 2.45) is 5.41 Å². The number of ether oxygens (including phenoxy) is 3. The van der Waals surface area contributed by atoms with E-state index in [9.17, 15) is 4.79 Å². The van der Waals surface area contributed by atoms with Crippen LogP contribution in [-0.2, 0) is 25.6 Å². The molecular weight excluding hydrogens is 448 g/mol. The Hall–Kier alpha value is -1.94. The molecule has 0 bridgehead atoms. The molecule has 1 amide bonds. The third-order valence-corrected chi connectivity index (χ3v) is 7.23. The Morgan fingerprint density at radius 1 is 1.20 bits per heavy atom. The highest BCUT2D eigenvalue weighted by Crippen LogP contribution is 2.40. The van der Waals surface area contributed by atoms with Crippen LogP contribution in [0.3, 0.4) is 0 Å². The molecule has 0 radical (unpaired) electrons. The minimum atomic E-state index is -0.281. The summed E-state index contributed by atoms with van der Waals surface area (Å²) in [6, 6.07) is 0. The molecule has 1 aromatic rings. The molecule has 2 fully saturated rings. The van der Waals surface area contributed by atoms with Gasteiger partial charge in [0.15, 0.2) is 0 Å². The van der Waals surface area contributed by atoms with Crippen molar-refractivity contribution in [2.75, 3.05) is 53.2 Å². The van der Waals surface area contributed by atoms with E-state index in [0.29, 0.717) is 33.0 Å². The highest BCUT2D eigenvalue weighted by molar-refractivity contribution is 5.68. The number of allylic oxidation sites excluding steroid dienone is 2. The maximum atomic E-state index is 12.3. The average molecular weight is 491 g/mol. The fraction of sp³-hybridized carbons (Fsp3) is 0.769. The van der Waals surface area contributed by atoms with E-state index in [4.69, 9.17) is 24.1 Å². The normalized spacial score (nSPS) is 22.1. The van der Waals surface area contributed by atoms with Crippen molar-refractivity contribution in [1.82, 2.24) is 19.7 Å². The molecule has 0 spiro atoms. The molecule has 3 aliphatic rings. The van der Waals surface area contributed by atoms with Crippen LogP contribution in [0.15, 0.2) is 12.3 Å². The van der Waals surface area contributed by atoms with E-state index in [-0.39, 0.29) is 17.7 Å². The van der Waals surface area contributed by atoms with Crippen LogP contribution >= 0.6 is 0 Å². The van der Waals surface area contributed by atoms with Crippen LogP contribution in [0.4, 0.5) is 4.79 Å². The van der Waals surface area contributed by atoms with Gasteiger partial charge in [0.2, 0.25) is 0 Å². The van der Waals surface area contributed by atoms with Crippen LogP contribution in [0, 0.1) is 5.41 Å². The summed E-state index contributed by atoms with van der Waals surface area (Å²) in [6.45, 7) is 9.70. The lowest BCUT2D eigenvalue weighted by Gasteiger charge is -2.36. The van der Waals surface area contributed by atoms with Gasteiger partial charge in [-0.3, -0.25) is 0 Å². The summed E-state index contributed by atoms with van der Waals surface area (Å²) in [6.07, 6.45) is 11.1. The number of carbonyl (C=O) groups excluding carboxylic acids is 1. The number of rotatable bonds is 11. The van der Waals surface area contributed by atoms with E-state index in [1.165, 1.54) is 5.57 Å². The number of likely N-dealkylation sites (tertiary alicyclic amines) is 1. The van der Waals surface area contributed by atoms with Gasteiger partial charge in [0, 0.05) is 57.1 Å². The zero-order valence-corrected chi connectivity index (χ0v) is 21.7. The van der Waals surface area contributed by atoms with Crippen LogP contribution in [0.1, 0.15) is 76.3 Å². The Morgan fingerprint density at radius 2 is 1.97 bits per heavy atom. The maximum Gasteiger partial charge on any atom is 0.428 e. The van der Waals surface area contributed by atoms with Gasteiger partial charge in [-0.1, -0.05) is 6.08 Å². The van der Waals surface area contributed by atoms with Crippen molar-refractivity contribution < 1.29 is 23.8 Å². The lowest BCUT2D eigenvalue weighted by atomic mass is 9.75. The molecule has 2 aliphatic heterocycles. The minimum absolute atomic E-state index is 0.00821. The van der Waals surface area contributed by atoms with Crippen LogP contribution in [0.25, 0.3) is 5.57 Å². The second-order valence-corrected chi connectivity index (χ2v) is 10.00. The lowest BCUT2D eigenvalue weighted by molar-refractivity contribution is -0.104. The highest BCUT2D eigenvalue weighted by atomic mass is 16.7. The predicted octanol–water partition coefficient (Wildman–Crippen LogP) is 4.40. The number of nitrogens with zero attached hydrogens (tertiary/aromatic N) is 4. The van der Waals surface area contributed by atoms with E-state index < -0.39 is 0 Å². The quantitative estimate of drug-likeness (QED) is 0.426. The Labute approximate surface area is 209 Å². The molecule has 9 nitrogen and oxygen atoms in total. The topological polar surface area (TPSA) is 78.3 Å². The van der Waals surface area contributed by atoms with E-state index >= 15 is 0 Å². The van der Waals surface area contributed by atoms with Crippen molar-refractivity contribution in [3.8, 4) is 0 Å². The molecule has 2 saturated heterocycles. The van der Waals surface area contributed by atoms with Gasteiger partial charge in [-0.05, 0) is 64.4 Å². The van der Waals surface area contributed by atoms with Crippen molar-refractivity contribution in [3.05, 3.63) is 23.5 Å². The highest BCUT2D eigenvalue weighted by Gasteiger charge is 2.34. The summed E-state index contributed by atoms with van der Waals surface area (Å²) in [5.41, 5.74) is 3.27. The SMILES string of the molecule is CCOCC1(COCC)CC=C(c2nn(C3CCCCO3)cc2CN(C)OC(=O)N2CCC2)CC1. The average Bonchev–Trinajstić information content (AvgIpc) is 3.25. The second kappa shape index (κ2) is 12.3. The Kier molecular flexibility index (Phi) is 9.21. The summed E-state index contributed by atoms with van der Waals surface area (Å²) in [4.78, 5) is 19.6. The first-order valence-electron chi connectivity index (χ1n) is 13.3. The maximum absolute atomic E-state index is 12.3. The van der Waals surface area contributed by atoms with Gasteiger partial charge in [-0.15, -0.1) is 5.06 Å². The number of amides is 1. The summed E-state index contributed by atoms with van der Waals surface area (Å²) < 4.78 is 19.7. The number of carbonyl (C=O) groups is 1. The van der Waals surface area contributed by atoms with Gasteiger partial charge in [-0.25, -0.2) is 9.48 Å². The van der Waals surface area contributed by atoms with Crippen LogP contribution < -0.4 is 0 Å². The van der Waals surface area contributed by atoms with E-state index in [0.717, 1.165) is 75.9 Å². The molecule has 1 aromatic heterocycles. The smallest absolute Gasteiger partial charge is 0.381 e.